The minimum atomic E-state index is -3.21. The Bertz CT molecular complexity index is 295. The van der Waals surface area contributed by atoms with Crippen LogP contribution in [-0.4, -0.2) is 16.9 Å². The van der Waals surface area contributed by atoms with Gasteiger partial charge >= 0.3 is 6.05 Å². The fourth-order valence-electron chi connectivity index (χ4n) is 0.760. The van der Waals surface area contributed by atoms with Crippen LogP contribution in [0.4, 0.5) is 8.78 Å². The second-order valence-corrected chi connectivity index (χ2v) is 2.56. The van der Waals surface area contributed by atoms with Gasteiger partial charge in [-0.2, -0.15) is 8.78 Å². The number of hydrogen-bond acceptors (Lipinski definition) is 2. The minimum absolute atomic E-state index is 0.0241. The summed E-state index contributed by atoms with van der Waals surface area (Å²) < 4.78 is 24.6. The molecule has 1 heterocycles. The first kappa shape index (κ1) is 9.57. The number of aromatic nitrogens is 1. The molecule has 0 fully saturated rings. The number of amides is 1. The summed E-state index contributed by atoms with van der Waals surface area (Å²) in [7, 11) is 0. The summed E-state index contributed by atoms with van der Waals surface area (Å²) in [6, 6.07) is 1.30. The van der Waals surface area contributed by atoms with E-state index in [9.17, 15) is 13.6 Å². The first-order valence-corrected chi connectivity index (χ1v) is 3.60. The maximum atomic E-state index is 12.3. The zero-order valence-corrected chi connectivity index (χ0v) is 6.92. The maximum absolute atomic E-state index is 12.3. The van der Waals surface area contributed by atoms with Gasteiger partial charge in [0.2, 0.25) is 0 Å². The molecular weight excluding hydrogens is 178 g/mol. The second kappa shape index (κ2) is 3.47. The Labute approximate surface area is 73.8 Å². The van der Waals surface area contributed by atoms with Crippen molar-refractivity contribution in [3.05, 3.63) is 30.1 Å². The molecule has 0 atom stereocenters. The van der Waals surface area contributed by atoms with E-state index >= 15 is 0 Å². The third kappa shape index (κ3) is 3.14. The van der Waals surface area contributed by atoms with E-state index in [-0.39, 0.29) is 5.69 Å². The summed E-state index contributed by atoms with van der Waals surface area (Å²) in [5.41, 5.74) is -0.0241. The highest BCUT2D eigenvalue weighted by atomic mass is 19.3. The maximum Gasteiger partial charge on any atom is 0.322 e. The predicted molar refractivity (Wildman–Crippen MR) is 42.3 cm³/mol. The molecule has 5 heteroatoms. The summed E-state index contributed by atoms with van der Waals surface area (Å²) in [4.78, 5) is 14.6. The molecule has 1 aromatic heterocycles. The third-order valence-corrected chi connectivity index (χ3v) is 1.23. The average molecular weight is 186 g/mol. The van der Waals surface area contributed by atoms with Crippen LogP contribution in [0.3, 0.4) is 0 Å². The summed E-state index contributed by atoms with van der Waals surface area (Å²) in [6.07, 6.45) is 1.36. The number of nitrogens with one attached hydrogen (secondary N) is 1. The quantitative estimate of drug-likeness (QED) is 0.710. The third-order valence-electron chi connectivity index (χ3n) is 1.23. The smallest absolute Gasteiger partial charge is 0.292 e. The van der Waals surface area contributed by atoms with Gasteiger partial charge < -0.3 is 0 Å². The van der Waals surface area contributed by atoms with Gasteiger partial charge in [0.25, 0.3) is 5.91 Å². The molecule has 0 aliphatic carbocycles. The standard InChI is InChI=1S/C8H8F2N2O/c1-8(9,10)12-7(13)6-4-2-3-5-11-6/h2-5H,1H3,(H,12,13). The van der Waals surface area contributed by atoms with E-state index in [0.717, 1.165) is 0 Å². The number of hydrogen-bond donors (Lipinski definition) is 1. The lowest BCUT2D eigenvalue weighted by Crippen LogP contribution is -2.38. The zero-order valence-electron chi connectivity index (χ0n) is 6.92. The normalized spacial score (nSPS) is 11.0. The summed E-state index contributed by atoms with van der Waals surface area (Å²) in [6.45, 7) is 0.605. The van der Waals surface area contributed by atoms with E-state index in [2.05, 4.69) is 4.98 Å². The molecule has 0 aliphatic rings. The number of rotatable bonds is 2. The van der Waals surface area contributed by atoms with Gasteiger partial charge in [-0.1, -0.05) is 6.07 Å². The molecule has 1 aromatic rings. The van der Waals surface area contributed by atoms with Crippen LogP contribution < -0.4 is 5.32 Å². The molecular formula is C8H8F2N2O. The molecule has 3 nitrogen and oxygen atoms in total. The van der Waals surface area contributed by atoms with Crippen LogP contribution in [0, 0.1) is 0 Å². The van der Waals surface area contributed by atoms with E-state index in [1.807, 2.05) is 0 Å². The molecule has 1 rings (SSSR count). The molecule has 0 saturated heterocycles. The van der Waals surface area contributed by atoms with E-state index in [1.54, 1.807) is 12.1 Å². The Balaban J connectivity index is 2.71. The highest BCUT2D eigenvalue weighted by molar-refractivity contribution is 5.92. The summed E-state index contributed by atoms with van der Waals surface area (Å²) >= 11 is 0. The van der Waals surface area contributed by atoms with E-state index in [0.29, 0.717) is 6.92 Å². The monoisotopic (exact) mass is 186 g/mol. The number of carbonyl (C=O) groups excluding carboxylic acids is 1. The Morgan fingerprint density at radius 2 is 2.23 bits per heavy atom. The lowest BCUT2D eigenvalue weighted by atomic mass is 10.3. The van der Waals surface area contributed by atoms with Crippen molar-refractivity contribution >= 4 is 5.91 Å². The lowest BCUT2D eigenvalue weighted by Gasteiger charge is -2.11. The molecule has 0 unspecified atom stereocenters. The number of alkyl halides is 2. The van der Waals surface area contributed by atoms with Crippen molar-refractivity contribution in [2.24, 2.45) is 0 Å². The number of carbonyl (C=O) groups is 1. The van der Waals surface area contributed by atoms with Crippen molar-refractivity contribution in [2.45, 2.75) is 13.0 Å². The molecule has 1 N–H and O–H groups in total. The number of halogens is 2. The van der Waals surface area contributed by atoms with Gasteiger partial charge in [-0.25, -0.2) is 0 Å². The van der Waals surface area contributed by atoms with Crippen LogP contribution in [-0.2, 0) is 0 Å². The first-order chi connectivity index (χ1) is 5.99. The van der Waals surface area contributed by atoms with E-state index in [4.69, 9.17) is 0 Å². The number of nitrogens with zero attached hydrogens (tertiary/aromatic N) is 1. The van der Waals surface area contributed by atoms with Crippen molar-refractivity contribution in [3.8, 4) is 0 Å². The van der Waals surface area contributed by atoms with Crippen molar-refractivity contribution < 1.29 is 13.6 Å². The Kier molecular flexibility index (Phi) is 2.55. The van der Waals surface area contributed by atoms with Crippen LogP contribution in [0.25, 0.3) is 0 Å². The largest absolute Gasteiger partial charge is 0.322 e. The van der Waals surface area contributed by atoms with Crippen molar-refractivity contribution in [1.29, 1.82) is 0 Å². The highest BCUT2D eigenvalue weighted by Gasteiger charge is 2.24. The van der Waals surface area contributed by atoms with Crippen LogP contribution in [0.1, 0.15) is 17.4 Å². The minimum Gasteiger partial charge on any atom is -0.292 e. The van der Waals surface area contributed by atoms with Crippen LogP contribution in [0.15, 0.2) is 24.4 Å². The fourth-order valence-corrected chi connectivity index (χ4v) is 0.760. The summed E-state index contributed by atoms with van der Waals surface area (Å²) in [5.74, 6) is -0.881. The van der Waals surface area contributed by atoms with Gasteiger partial charge in [0, 0.05) is 13.1 Å². The first-order valence-electron chi connectivity index (χ1n) is 3.60. The Morgan fingerprint density at radius 3 is 2.69 bits per heavy atom. The molecule has 0 aromatic carbocycles. The summed E-state index contributed by atoms with van der Waals surface area (Å²) in [5, 5.41) is 1.50. The topological polar surface area (TPSA) is 42.0 Å². The van der Waals surface area contributed by atoms with Crippen LogP contribution in [0.2, 0.25) is 0 Å². The van der Waals surface area contributed by atoms with Gasteiger partial charge in [0.15, 0.2) is 0 Å². The second-order valence-electron chi connectivity index (χ2n) is 2.56. The average Bonchev–Trinajstić information content (AvgIpc) is 2.03. The van der Waals surface area contributed by atoms with Gasteiger partial charge in [0.1, 0.15) is 5.69 Å². The van der Waals surface area contributed by atoms with Crippen LogP contribution >= 0.6 is 0 Å². The fraction of sp³-hybridized carbons (Fsp3) is 0.250. The molecule has 0 spiro atoms. The Morgan fingerprint density at radius 1 is 1.54 bits per heavy atom. The molecule has 0 radical (unpaired) electrons. The van der Waals surface area contributed by atoms with Gasteiger partial charge in [-0.3, -0.25) is 15.1 Å². The van der Waals surface area contributed by atoms with Crippen molar-refractivity contribution in [1.82, 2.24) is 10.3 Å². The van der Waals surface area contributed by atoms with E-state index < -0.39 is 12.0 Å². The molecule has 70 valence electrons. The highest BCUT2D eigenvalue weighted by Crippen LogP contribution is 2.07. The zero-order chi connectivity index (χ0) is 9.90. The van der Waals surface area contributed by atoms with Gasteiger partial charge in [0.05, 0.1) is 0 Å². The van der Waals surface area contributed by atoms with E-state index in [1.165, 1.54) is 17.6 Å². The molecule has 1 amide bonds. The molecule has 0 saturated carbocycles. The molecule has 0 aliphatic heterocycles. The predicted octanol–water partition coefficient (Wildman–Crippen LogP) is 1.42. The number of pyridine rings is 1. The van der Waals surface area contributed by atoms with Crippen LogP contribution in [0.5, 0.6) is 0 Å². The van der Waals surface area contributed by atoms with Crippen molar-refractivity contribution in [3.63, 3.8) is 0 Å². The van der Waals surface area contributed by atoms with Gasteiger partial charge in [-0.05, 0) is 12.1 Å². The lowest BCUT2D eigenvalue weighted by molar-refractivity contribution is -0.00950. The molecule has 0 bridgehead atoms. The Hall–Kier alpha value is -1.52. The van der Waals surface area contributed by atoms with Crippen molar-refractivity contribution in [2.75, 3.05) is 0 Å². The SMILES string of the molecule is CC(F)(F)NC(=O)c1ccccn1. The van der Waals surface area contributed by atoms with Gasteiger partial charge in [-0.15, -0.1) is 0 Å². The molecule has 13 heavy (non-hydrogen) atoms.